The Morgan fingerprint density at radius 1 is 1.06 bits per heavy atom. The lowest BCUT2D eigenvalue weighted by Crippen LogP contribution is -2.16. The van der Waals surface area contributed by atoms with Gasteiger partial charge in [-0.25, -0.2) is 8.78 Å². The van der Waals surface area contributed by atoms with E-state index in [0.29, 0.717) is 5.56 Å². The van der Waals surface area contributed by atoms with Crippen molar-refractivity contribution in [2.45, 2.75) is 38.2 Å². The van der Waals surface area contributed by atoms with E-state index in [-0.39, 0.29) is 5.92 Å². The molecule has 0 amide bonds. The van der Waals surface area contributed by atoms with Crippen LogP contribution in [-0.2, 0) is 0 Å². The van der Waals surface area contributed by atoms with Gasteiger partial charge in [-0.2, -0.15) is 0 Å². The van der Waals surface area contributed by atoms with Gasteiger partial charge in [0, 0.05) is 0 Å². The van der Waals surface area contributed by atoms with Gasteiger partial charge in [0.25, 0.3) is 0 Å². The maximum Gasteiger partial charge on any atom is 0.159 e. The van der Waals surface area contributed by atoms with Gasteiger partial charge in [0.05, 0.1) is 6.10 Å². The van der Waals surface area contributed by atoms with Gasteiger partial charge in [0.15, 0.2) is 11.6 Å². The molecule has 1 saturated carbocycles. The summed E-state index contributed by atoms with van der Waals surface area (Å²) in [6, 6.07) is 3.66. The maximum atomic E-state index is 13.0. The Hall–Kier alpha value is -0.960. The fourth-order valence-corrected chi connectivity index (χ4v) is 2.42. The first-order chi connectivity index (χ1) is 7.68. The molecule has 0 saturated heterocycles. The predicted octanol–water partition coefficient (Wildman–Crippen LogP) is 3.58. The number of benzene rings is 1. The molecule has 0 unspecified atom stereocenters. The molecule has 16 heavy (non-hydrogen) atoms. The molecule has 1 aliphatic carbocycles. The second-order valence-corrected chi connectivity index (χ2v) is 4.52. The molecule has 3 heteroatoms. The van der Waals surface area contributed by atoms with E-state index in [2.05, 4.69) is 0 Å². The number of aliphatic hydroxyl groups is 1. The Morgan fingerprint density at radius 2 is 1.75 bits per heavy atom. The minimum absolute atomic E-state index is 0.193. The van der Waals surface area contributed by atoms with Crippen LogP contribution < -0.4 is 0 Å². The summed E-state index contributed by atoms with van der Waals surface area (Å²) in [6.45, 7) is 0. The van der Waals surface area contributed by atoms with Crippen LogP contribution in [0.4, 0.5) is 8.78 Å². The first-order valence-corrected chi connectivity index (χ1v) is 5.81. The molecule has 0 spiro atoms. The molecule has 0 heterocycles. The molecule has 1 N–H and O–H groups in total. The summed E-state index contributed by atoms with van der Waals surface area (Å²) >= 11 is 0. The molecular formula is C13H16F2O. The third-order valence-electron chi connectivity index (χ3n) is 3.38. The van der Waals surface area contributed by atoms with Gasteiger partial charge in [0.1, 0.15) is 0 Å². The Morgan fingerprint density at radius 3 is 2.38 bits per heavy atom. The van der Waals surface area contributed by atoms with E-state index in [1.807, 2.05) is 0 Å². The van der Waals surface area contributed by atoms with E-state index < -0.39 is 17.7 Å². The highest BCUT2D eigenvalue weighted by Gasteiger charge is 2.23. The molecule has 1 fully saturated rings. The second-order valence-electron chi connectivity index (χ2n) is 4.52. The zero-order valence-corrected chi connectivity index (χ0v) is 9.13. The number of hydrogen-bond acceptors (Lipinski definition) is 1. The molecule has 0 bridgehead atoms. The first-order valence-electron chi connectivity index (χ1n) is 5.81. The van der Waals surface area contributed by atoms with Crippen LogP contribution in [0.2, 0.25) is 0 Å². The fraction of sp³-hybridized carbons (Fsp3) is 0.538. The van der Waals surface area contributed by atoms with Crippen molar-refractivity contribution < 1.29 is 13.9 Å². The van der Waals surface area contributed by atoms with Gasteiger partial charge < -0.3 is 5.11 Å². The number of halogens is 2. The molecule has 2 rings (SSSR count). The normalized spacial score (nSPS) is 19.7. The summed E-state index contributed by atoms with van der Waals surface area (Å²) in [7, 11) is 0. The Labute approximate surface area is 94.1 Å². The van der Waals surface area contributed by atoms with Crippen LogP contribution >= 0.6 is 0 Å². The summed E-state index contributed by atoms with van der Waals surface area (Å²) in [5.41, 5.74) is 0.491. The van der Waals surface area contributed by atoms with Gasteiger partial charge in [-0.05, 0) is 36.5 Å². The maximum absolute atomic E-state index is 13.0. The van der Waals surface area contributed by atoms with Crippen molar-refractivity contribution >= 4 is 0 Å². The molecule has 1 aromatic carbocycles. The third-order valence-corrected chi connectivity index (χ3v) is 3.38. The standard InChI is InChI=1S/C13H16F2O/c14-11-7-6-10(8-12(11)15)13(16)9-4-2-1-3-5-9/h6-9,13,16H,1-5H2/t13-/m0/s1. The smallest absolute Gasteiger partial charge is 0.159 e. The van der Waals surface area contributed by atoms with Crippen molar-refractivity contribution in [1.29, 1.82) is 0 Å². The van der Waals surface area contributed by atoms with Crippen molar-refractivity contribution in [3.63, 3.8) is 0 Å². The van der Waals surface area contributed by atoms with Crippen LogP contribution in [-0.4, -0.2) is 5.11 Å². The summed E-state index contributed by atoms with van der Waals surface area (Å²) in [4.78, 5) is 0. The van der Waals surface area contributed by atoms with Crippen LogP contribution in [0.15, 0.2) is 18.2 Å². The topological polar surface area (TPSA) is 20.2 Å². The predicted molar refractivity (Wildman–Crippen MR) is 57.9 cm³/mol. The van der Waals surface area contributed by atoms with E-state index >= 15 is 0 Å². The molecule has 0 radical (unpaired) electrons. The molecule has 1 aromatic rings. The van der Waals surface area contributed by atoms with E-state index in [9.17, 15) is 13.9 Å². The Kier molecular flexibility index (Phi) is 3.54. The minimum Gasteiger partial charge on any atom is -0.388 e. The first kappa shape index (κ1) is 11.5. The molecular weight excluding hydrogens is 210 g/mol. The van der Waals surface area contributed by atoms with E-state index in [1.54, 1.807) is 0 Å². The number of hydrogen-bond donors (Lipinski definition) is 1. The lowest BCUT2D eigenvalue weighted by Gasteiger charge is -2.26. The van der Waals surface area contributed by atoms with Gasteiger partial charge in [-0.3, -0.25) is 0 Å². The molecule has 0 aromatic heterocycles. The zero-order chi connectivity index (χ0) is 11.5. The Bertz CT molecular complexity index is 359. The van der Waals surface area contributed by atoms with Gasteiger partial charge in [-0.1, -0.05) is 25.3 Å². The zero-order valence-electron chi connectivity index (χ0n) is 9.13. The van der Waals surface area contributed by atoms with Gasteiger partial charge in [0.2, 0.25) is 0 Å². The van der Waals surface area contributed by atoms with E-state index in [1.165, 1.54) is 12.5 Å². The van der Waals surface area contributed by atoms with Gasteiger partial charge >= 0.3 is 0 Å². The van der Waals surface area contributed by atoms with E-state index in [4.69, 9.17) is 0 Å². The summed E-state index contributed by atoms with van der Waals surface area (Å²) < 4.78 is 25.8. The third kappa shape index (κ3) is 2.40. The van der Waals surface area contributed by atoms with Crippen molar-refractivity contribution in [2.75, 3.05) is 0 Å². The Balaban J connectivity index is 2.12. The highest BCUT2D eigenvalue weighted by Crippen LogP contribution is 2.34. The van der Waals surface area contributed by atoms with Crippen molar-refractivity contribution in [3.8, 4) is 0 Å². The SMILES string of the molecule is O[C@H](c1ccc(F)c(F)c1)C1CCCCC1. The average Bonchev–Trinajstić information content (AvgIpc) is 2.33. The average molecular weight is 226 g/mol. The largest absolute Gasteiger partial charge is 0.388 e. The van der Waals surface area contributed by atoms with Crippen LogP contribution in [0.25, 0.3) is 0 Å². The molecule has 88 valence electrons. The lowest BCUT2D eigenvalue weighted by molar-refractivity contribution is 0.0844. The molecule has 1 atom stereocenters. The number of aliphatic hydroxyl groups excluding tert-OH is 1. The number of rotatable bonds is 2. The van der Waals surface area contributed by atoms with Crippen molar-refractivity contribution in [2.24, 2.45) is 5.92 Å². The quantitative estimate of drug-likeness (QED) is 0.817. The van der Waals surface area contributed by atoms with Crippen LogP contribution in [0.5, 0.6) is 0 Å². The van der Waals surface area contributed by atoms with Gasteiger partial charge in [-0.15, -0.1) is 0 Å². The summed E-state index contributed by atoms with van der Waals surface area (Å²) in [6.07, 6.45) is 4.73. The van der Waals surface area contributed by atoms with Crippen LogP contribution in [0.1, 0.15) is 43.8 Å². The molecule has 1 nitrogen and oxygen atoms in total. The molecule has 1 aliphatic rings. The minimum atomic E-state index is -0.882. The van der Waals surface area contributed by atoms with Crippen LogP contribution in [0, 0.1) is 17.6 Å². The monoisotopic (exact) mass is 226 g/mol. The summed E-state index contributed by atoms with van der Waals surface area (Å²) in [5.74, 6) is -1.55. The molecule has 0 aliphatic heterocycles. The van der Waals surface area contributed by atoms with Crippen LogP contribution in [0.3, 0.4) is 0 Å². The van der Waals surface area contributed by atoms with Crippen molar-refractivity contribution in [3.05, 3.63) is 35.4 Å². The lowest BCUT2D eigenvalue weighted by atomic mass is 9.83. The highest BCUT2D eigenvalue weighted by atomic mass is 19.2. The second kappa shape index (κ2) is 4.91. The summed E-state index contributed by atoms with van der Waals surface area (Å²) in [5, 5.41) is 10.1. The highest BCUT2D eigenvalue weighted by molar-refractivity contribution is 5.20. The fourth-order valence-electron chi connectivity index (χ4n) is 2.42. The van der Waals surface area contributed by atoms with Crippen molar-refractivity contribution in [1.82, 2.24) is 0 Å². The van der Waals surface area contributed by atoms with E-state index in [0.717, 1.165) is 37.8 Å².